The van der Waals surface area contributed by atoms with Crippen molar-refractivity contribution in [3.8, 4) is 11.5 Å². The molecule has 0 atom stereocenters. The lowest BCUT2D eigenvalue weighted by atomic mass is 10.3. The molecule has 0 aromatic carbocycles. The molecule has 0 spiro atoms. The second-order valence-electron chi connectivity index (χ2n) is 3.92. The fourth-order valence-corrected chi connectivity index (χ4v) is 1.83. The molecular weight excluding hydrogens is 248 g/mol. The van der Waals surface area contributed by atoms with Crippen LogP contribution in [0.5, 0.6) is 0 Å². The standard InChI is InChI=1S/C11H10N6O2/c12-7(18)4-17-5-14-9-8(6-2-1-3-19-6)15-11(13)16-10(9)17/h1-3,5H,4H2,(H2,12,18)(H2,13,15,16). The third kappa shape index (κ3) is 1.88. The molecule has 96 valence electrons. The highest BCUT2D eigenvalue weighted by molar-refractivity contribution is 5.87. The Bertz CT molecular complexity index is 746. The molecule has 8 nitrogen and oxygen atoms in total. The number of nitrogens with zero attached hydrogens (tertiary/aromatic N) is 4. The Hall–Kier alpha value is -2.90. The molecule has 3 heterocycles. The number of fused-ring (bicyclic) bond motifs is 1. The fourth-order valence-electron chi connectivity index (χ4n) is 1.83. The molecule has 3 rings (SSSR count). The zero-order valence-corrected chi connectivity index (χ0v) is 9.78. The van der Waals surface area contributed by atoms with Crippen LogP contribution in [0.2, 0.25) is 0 Å². The fraction of sp³-hybridized carbons (Fsp3) is 0.0909. The number of nitrogens with two attached hydrogens (primary N) is 2. The minimum absolute atomic E-state index is 0.0233. The van der Waals surface area contributed by atoms with Crippen molar-refractivity contribution < 1.29 is 9.21 Å². The molecule has 3 aromatic rings. The lowest BCUT2D eigenvalue weighted by Crippen LogP contribution is -2.18. The zero-order chi connectivity index (χ0) is 13.4. The first-order chi connectivity index (χ1) is 9.15. The Labute approximate surface area is 107 Å². The molecule has 0 saturated carbocycles. The van der Waals surface area contributed by atoms with Gasteiger partial charge >= 0.3 is 0 Å². The first-order valence-corrected chi connectivity index (χ1v) is 5.45. The van der Waals surface area contributed by atoms with Crippen LogP contribution < -0.4 is 11.5 Å². The van der Waals surface area contributed by atoms with Gasteiger partial charge < -0.3 is 20.5 Å². The summed E-state index contributed by atoms with van der Waals surface area (Å²) in [6.07, 6.45) is 3.00. The average molecular weight is 258 g/mol. The van der Waals surface area contributed by atoms with Crippen LogP contribution >= 0.6 is 0 Å². The maximum absolute atomic E-state index is 11.0. The summed E-state index contributed by atoms with van der Waals surface area (Å²) in [5.74, 6) is 0.115. The van der Waals surface area contributed by atoms with Crippen molar-refractivity contribution in [1.29, 1.82) is 0 Å². The first kappa shape index (κ1) is 11.2. The van der Waals surface area contributed by atoms with E-state index in [1.54, 1.807) is 12.1 Å². The highest BCUT2D eigenvalue weighted by Gasteiger charge is 2.16. The van der Waals surface area contributed by atoms with E-state index in [0.29, 0.717) is 22.6 Å². The largest absolute Gasteiger partial charge is 0.463 e. The minimum Gasteiger partial charge on any atom is -0.463 e. The number of carbonyl (C=O) groups excluding carboxylic acids is 1. The van der Waals surface area contributed by atoms with Crippen molar-refractivity contribution in [3.05, 3.63) is 24.7 Å². The van der Waals surface area contributed by atoms with Gasteiger partial charge in [-0.05, 0) is 12.1 Å². The monoisotopic (exact) mass is 258 g/mol. The van der Waals surface area contributed by atoms with Gasteiger partial charge in [-0.15, -0.1) is 0 Å². The molecule has 1 amide bonds. The Morgan fingerprint density at radius 1 is 1.42 bits per heavy atom. The van der Waals surface area contributed by atoms with Crippen LogP contribution in [0.1, 0.15) is 0 Å². The van der Waals surface area contributed by atoms with Crippen LogP contribution in [0.3, 0.4) is 0 Å². The van der Waals surface area contributed by atoms with Gasteiger partial charge in [-0.3, -0.25) is 4.79 Å². The Balaban J connectivity index is 2.24. The third-order valence-electron chi connectivity index (χ3n) is 2.56. The van der Waals surface area contributed by atoms with Crippen molar-refractivity contribution in [2.75, 3.05) is 5.73 Å². The smallest absolute Gasteiger partial charge is 0.237 e. The van der Waals surface area contributed by atoms with E-state index < -0.39 is 5.91 Å². The van der Waals surface area contributed by atoms with Gasteiger partial charge in [0.1, 0.15) is 17.8 Å². The maximum atomic E-state index is 11.0. The molecule has 0 aliphatic carbocycles. The zero-order valence-electron chi connectivity index (χ0n) is 9.78. The number of anilines is 1. The number of rotatable bonds is 3. The number of aromatic nitrogens is 4. The van der Waals surface area contributed by atoms with Crippen LogP contribution in [-0.2, 0) is 11.3 Å². The van der Waals surface area contributed by atoms with Crippen LogP contribution in [0.4, 0.5) is 5.95 Å². The van der Waals surface area contributed by atoms with E-state index in [1.165, 1.54) is 17.2 Å². The molecule has 8 heteroatoms. The summed E-state index contributed by atoms with van der Waals surface area (Å²) in [6.45, 7) is -0.0233. The molecule has 0 radical (unpaired) electrons. The van der Waals surface area contributed by atoms with E-state index in [1.807, 2.05) is 0 Å². The van der Waals surface area contributed by atoms with Crippen molar-refractivity contribution in [2.45, 2.75) is 6.54 Å². The number of carbonyl (C=O) groups is 1. The predicted molar refractivity (Wildman–Crippen MR) is 66.6 cm³/mol. The molecule has 0 saturated heterocycles. The van der Waals surface area contributed by atoms with Gasteiger partial charge in [-0.1, -0.05) is 0 Å². The number of imidazole rings is 1. The lowest BCUT2D eigenvalue weighted by molar-refractivity contribution is -0.118. The van der Waals surface area contributed by atoms with Gasteiger partial charge in [-0.25, -0.2) is 9.97 Å². The Morgan fingerprint density at radius 2 is 2.26 bits per heavy atom. The van der Waals surface area contributed by atoms with Crippen LogP contribution in [0.25, 0.3) is 22.6 Å². The average Bonchev–Trinajstić information content (AvgIpc) is 2.98. The third-order valence-corrected chi connectivity index (χ3v) is 2.56. The van der Waals surface area contributed by atoms with Crippen LogP contribution in [0, 0.1) is 0 Å². The van der Waals surface area contributed by atoms with E-state index in [-0.39, 0.29) is 12.5 Å². The maximum Gasteiger partial charge on any atom is 0.237 e. The van der Waals surface area contributed by atoms with Crippen molar-refractivity contribution in [1.82, 2.24) is 19.5 Å². The summed E-state index contributed by atoms with van der Waals surface area (Å²) < 4.78 is 6.80. The minimum atomic E-state index is -0.490. The summed E-state index contributed by atoms with van der Waals surface area (Å²) >= 11 is 0. The van der Waals surface area contributed by atoms with E-state index in [2.05, 4.69) is 15.0 Å². The number of primary amides is 1. The summed E-state index contributed by atoms with van der Waals surface area (Å²) in [5, 5.41) is 0. The lowest BCUT2D eigenvalue weighted by Gasteiger charge is -2.02. The normalized spacial score (nSPS) is 10.9. The highest BCUT2D eigenvalue weighted by Crippen LogP contribution is 2.25. The van der Waals surface area contributed by atoms with Gasteiger partial charge in [-0.2, -0.15) is 4.98 Å². The van der Waals surface area contributed by atoms with E-state index in [4.69, 9.17) is 15.9 Å². The van der Waals surface area contributed by atoms with Gasteiger partial charge in [0.15, 0.2) is 11.4 Å². The van der Waals surface area contributed by atoms with Crippen LogP contribution in [0.15, 0.2) is 29.1 Å². The molecule has 0 unspecified atom stereocenters. The first-order valence-electron chi connectivity index (χ1n) is 5.45. The molecule has 3 aromatic heterocycles. The van der Waals surface area contributed by atoms with Crippen molar-refractivity contribution >= 4 is 23.0 Å². The van der Waals surface area contributed by atoms with Crippen LogP contribution in [-0.4, -0.2) is 25.4 Å². The molecule has 0 bridgehead atoms. The van der Waals surface area contributed by atoms with Crippen molar-refractivity contribution in [2.24, 2.45) is 5.73 Å². The Morgan fingerprint density at radius 3 is 2.95 bits per heavy atom. The second kappa shape index (κ2) is 4.09. The molecule has 19 heavy (non-hydrogen) atoms. The number of nitrogen functional groups attached to an aromatic ring is 1. The van der Waals surface area contributed by atoms with Gasteiger partial charge in [0, 0.05) is 0 Å². The summed E-state index contributed by atoms with van der Waals surface area (Å²) in [6, 6.07) is 3.48. The molecular formula is C11H10N6O2. The van der Waals surface area contributed by atoms with E-state index in [9.17, 15) is 4.79 Å². The van der Waals surface area contributed by atoms with Gasteiger partial charge in [0.05, 0.1) is 12.6 Å². The molecule has 4 N–H and O–H groups in total. The summed E-state index contributed by atoms with van der Waals surface area (Å²) in [7, 11) is 0. The van der Waals surface area contributed by atoms with Crippen molar-refractivity contribution in [3.63, 3.8) is 0 Å². The predicted octanol–water partition coefficient (Wildman–Crippen LogP) is 0.154. The van der Waals surface area contributed by atoms with Gasteiger partial charge in [0.2, 0.25) is 11.9 Å². The summed E-state index contributed by atoms with van der Waals surface area (Å²) in [4.78, 5) is 23.4. The number of hydrogen-bond donors (Lipinski definition) is 2. The van der Waals surface area contributed by atoms with E-state index in [0.717, 1.165) is 0 Å². The number of hydrogen-bond acceptors (Lipinski definition) is 6. The van der Waals surface area contributed by atoms with E-state index >= 15 is 0 Å². The molecule has 0 aliphatic heterocycles. The Kier molecular flexibility index (Phi) is 2.41. The van der Waals surface area contributed by atoms with Gasteiger partial charge in [0.25, 0.3) is 0 Å². The SMILES string of the molecule is NC(=O)Cn1cnc2c(-c3ccco3)nc(N)nc21. The number of furan rings is 1. The second-order valence-corrected chi connectivity index (χ2v) is 3.92. The highest BCUT2D eigenvalue weighted by atomic mass is 16.3. The quantitative estimate of drug-likeness (QED) is 0.688. The summed E-state index contributed by atoms with van der Waals surface area (Å²) in [5.41, 5.74) is 12.3. The number of amides is 1. The topological polar surface area (TPSA) is 126 Å². The molecule has 0 fully saturated rings. The molecule has 0 aliphatic rings.